The molecule has 1 aromatic carbocycles. The minimum Gasteiger partial charge on any atom is -0.316 e. The smallest absolute Gasteiger partial charge is 0.238 e. The predicted molar refractivity (Wildman–Crippen MR) is 106 cm³/mol. The van der Waals surface area contributed by atoms with Gasteiger partial charge in [-0.3, -0.25) is 4.79 Å². The number of nitrogens with one attached hydrogen (secondary N) is 1. The van der Waals surface area contributed by atoms with Crippen LogP contribution in [-0.2, 0) is 4.79 Å². The van der Waals surface area contributed by atoms with Crippen LogP contribution in [0.25, 0.3) is 16.6 Å². The van der Waals surface area contributed by atoms with E-state index >= 15 is 0 Å². The van der Waals surface area contributed by atoms with Gasteiger partial charge in [0.1, 0.15) is 16.9 Å². The maximum absolute atomic E-state index is 12.6. The van der Waals surface area contributed by atoms with Crippen molar-refractivity contribution in [3.8, 4) is 6.07 Å². The Kier molecular flexibility index (Phi) is 4.51. The van der Waals surface area contributed by atoms with Crippen molar-refractivity contribution in [1.29, 1.82) is 5.26 Å². The lowest BCUT2D eigenvalue weighted by Gasteiger charge is -2.12. The average Bonchev–Trinajstić information content (AvgIpc) is 3.27. The van der Waals surface area contributed by atoms with Gasteiger partial charge >= 0.3 is 0 Å². The van der Waals surface area contributed by atoms with Crippen molar-refractivity contribution in [1.82, 2.24) is 19.6 Å². The molecule has 0 radical (unpaired) electrons. The Hall–Kier alpha value is -2.96. The fourth-order valence-corrected chi connectivity index (χ4v) is 4.23. The number of thiophene rings is 1. The monoisotopic (exact) mass is 394 g/mol. The van der Waals surface area contributed by atoms with Crippen LogP contribution in [0.5, 0.6) is 0 Å². The largest absolute Gasteiger partial charge is 0.316 e. The molecule has 0 unspecified atom stereocenters. The summed E-state index contributed by atoms with van der Waals surface area (Å²) >= 11 is 2.63. The van der Waals surface area contributed by atoms with Crippen molar-refractivity contribution in [3.63, 3.8) is 0 Å². The number of fused-ring (bicyclic) bond motifs is 3. The fourth-order valence-electron chi connectivity index (χ4n) is 2.63. The molecule has 0 aliphatic carbocycles. The zero-order chi connectivity index (χ0) is 19.0. The summed E-state index contributed by atoms with van der Waals surface area (Å²) in [7, 11) is 0. The van der Waals surface area contributed by atoms with E-state index in [0.717, 1.165) is 16.6 Å². The van der Waals surface area contributed by atoms with Crippen LogP contribution >= 0.6 is 23.1 Å². The van der Waals surface area contributed by atoms with Gasteiger partial charge in [0.2, 0.25) is 5.91 Å². The number of aromatic nitrogens is 4. The maximum atomic E-state index is 12.6. The molecule has 0 saturated heterocycles. The summed E-state index contributed by atoms with van der Waals surface area (Å²) < 4.78 is 1.68. The quantitative estimate of drug-likeness (QED) is 0.419. The highest BCUT2D eigenvalue weighted by Crippen LogP contribution is 2.28. The molecule has 134 valence electrons. The van der Waals surface area contributed by atoms with Crippen LogP contribution in [-0.4, -0.2) is 30.7 Å². The summed E-state index contributed by atoms with van der Waals surface area (Å²) in [5.41, 5.74) is 1.99. The Morgan fingerprint density at radius 1 is 1.33 bits per heavy atom. The second-order valence-corrected chi connectivity index (χ2v) is 8.05. The lowest BCUT2D eigenvalue weighted by molar-refractivity contribution is -0.115. The van der Waals surface area contributed by atoms with Crippen molar-refractivity contribution >= 4 is 50.6 Å². The summed E-state index contributed by atoms with van der Waals surface area (Å²) in [6.45, 7) is 3.62. The van der Waals surface area contributed by atoms with Gasteiger partial charge in [-0.05, 0) is 37.4 Å². The molecule has 0 fully saturated rings. The van der Waals surface area contributed by atoms with E-state index in [2.05, 4.69) is 26.5 Å². The SMILES string of the molecule is Cc1nc2c3ccccc3nc(S[C@@H](C)C(=O)Nc3sccc3C#N)n2n1. The minimum atomic E-state index is -0.431. The third-order valence-electron chi connectivity index (χ3n) is 3.93. The van der Waals surface area contributed by atoms with E-state index in [9.17, 15) is 4.79 Å². The lowest BCUT2D eigenvalue weighted by Crippen LogP contribution is -2.22. The van der Waals surface area contributed by atoms with E-state index in [1.165, 1.54) is 23.1 Å². The fraction of sp³-hybridized carbons (Fsp3) is 0.167. The first-order valence-corrected chi connectivity index (χ1v) is 9.90. The third kappa shape index (κ3) is 3.25. The van der Waals surface area contributed by atoms with Gasteiger partial charge in [0.25, 0.3) is 0 Å². The normalized spacial score (nSPS) is 12.2. The number of aryl methyl sites for hydroxylation is 1. The zero-order valence-corrected chi connectivity index (χ0v) is 16.1. The van der Waals surface area contributed by atoms with E-state index in [1.807, 2.05) is 31.2 Å². The second kappa shape index (κ2) is 6.98. The third-order valence-corrected chi connectivity index (χ3v) is 5.80. The lowest BCUT2D eigenvalue weighted by atomic mass is 10.2. The first-order chi connectivity index (χ1) is 13.1. The molecule has 1 amide bonds. The van der Waals surface area contributed by atoms with Crippen LogP contribution in [0.1, 0.15) is 18.3 Å². The molecule has 0 saturated carbocycles. The molecular formula is C18H14N6OS2. The first-order valence-electron chi connectivity index (χ1n) is 8.14. The summed E-state index contributed by atoms with van der Waals surface area (Å²) in [6.07, 6.45) is 0. The van der Waals surface area contributed by atoms with Crippen molar-refractivity contribution in [2.75, 3.05) is 5.32 Å². The molecule has 1 atom stereocenters. The van der Waals surface area contributed by atoms with Gasteiger partial charge in [0.05, 0.1) is 16.3 Å². The molecule has 9 heteroatoms. The number of anilines is 1. The Balaban J connectivity index is 1.66. The highest BCUT2D eigenvalue weighted by atomic mass is 32.2. The number of amides is 1. The Morgan fingerprint density at radius 3 is 2.96 bits per heavy atom. The standard InChI is InChI=1S/C18H14N6OS2/c1-10(16(25)22-17-12(9-19)7-8-26-17)27-18-21-14-6-4-3-5-13(14)15-20-11(2)23-24(15)18/h3-8,10H,1-2H3,(H,22,25)/t10-/m0/s1. The number of nitrogens with zero attached hydrogens (tertiary/aromatic N) is 5. The molecular weight excluding hydrogens is 380 g/mol. The number of hydrogen-bond donors (Lipinski definition) is 1. The van der Waals surface area contributed by atoms with Crippen LogP contribution in [0, 0.1) is 18.3 Å². The van der Waals surface area contributed by atoms with Crippen molar-refractivity contribution in [2.24, 2.45) is 0 Å². The molecule has 4 rings (SSSR count). The van der Waals surface area contributed by atoms with Gasteiger partial charge < -0.3 is 5.32 Å². The van der Waals surface area contributed by atoms with Crippen molar-refractivity contribution in [3.05, 3.63) is 47.1 Å². The Morgan fingerprint density at radius 2 is 2.15 bits per heavy atom. The van der Waals surface area contributed by atoms with E-state index in [0.29, 0.717) is 21.5 Å². The van der Waals surface area contributed by atoms with Gasteiger partial charge in [-0.2, -0.15) is 9.78 Å². The highest BCUT2D eigenvalue weighted by molar-refractivity contribution is 8.00. The Labute approximate surface area is 163 Å². The van der Waals surface area contributed by atoms with Crippen LogP contribution in [0.3, 0.4) is 0 Å². The summed E-state index contributed by atoms with van der Waals surface area (Å²) in [4.78, 5) is 21.7. The number of nitriles is 1. The number of benzene rings is 1. The van der Waals surface area contributed by atoms with Crippen LogP contribution in [0.15, 0.2) is 40.9 Å². The molecule has 1 N–H and O–H groups in total. The molecule has 7 nitrogen and oxygen atoms in total. The highest BCUT2D eigenvalue weighted by Gasteiger charge is 2.20. The van der Waals surface area contributed by atoms with Gasteiger partial charge in [-0.1, -0.05) is 23.9 Å². The molecule has 0 aliphatic rings. The molecule has 0 aliphatic heterocycles. The first kappa shape index (κ1) is 17.5. The topological polar surface area (TPSA) is 96.0 Å². The zero-order valence-electron chi connectivity index (χ0n) is 14.5. The summed E-state index contributed by atoms with van der Waals surface area (Å²) in [6, 6.07) is 11.5. The van der Waals surface area contributed by atoms with E-state index in [4.69, 9.17) is 5.26 Å². The molecule has 3 heterocycles. The number of rotatable bonds is 4. The molecule has 27 heavy (non-hydrogen) atoms. The molecule has 0 spiro atoms. The van der Waals surface area contributed by atoms with Gasteiger partial charge in [-0.25, -0.2) is 9.97 Å². The number of carbonyl (C=O) groups excluding carboxylic acids is 1. The van der Waals surface area contributed by atoms with E-state index in [-0.39, 0.29) is 5.91 Å². The number of carbonyl (C=O) groups is 1. The summed E-state index contributed by atoms with van der Waals surface area (Å²) in [5.74, 6) is 0.447. The predicted octanol–water partition coefficient (Wildman–Crippen LogP) is 3.64. The minimum absolute atomic E-state index is 0.195. The molecule has 0 bridgehead atoms. The van der Waals surface area contributed by atoms with Crippen LogP contribution in [0.4, 0.5) is 5.00 Å². The average molecular weight is 394 g/mol. The van der Waals surface area contributed by atoms with Gasteiger partial charge in [0, 0.05) is 5.39 Å². The van der Waals surface area contributed by atoms with Crippen molar-refractivity contribution in [2.45, 2.75) is 24.3 Å². The molecule has 4 aromatic rings. The van der Waals surface area contributed by atoms with Crippen LogP contribution < -0.4 is 5.32 Å². The number of hydrogen-bond acceptors (Lipinski definition) is 7. The van der Waals surface area contributed by atoms with Crippen molar-refractivity contribution < 1.29 is 4.79 Å². The number of para-hydroxylation sites is 1. The van der Waals surface area contributed by atoms with E-state index in [1.54, 1.807) is 22.9 Å². The maximum Gasteiger partial charge on any atom is 0.238 e. The second-order valence-electron chi connectivity index (χ2n) is 5.83. The van der Waals surface area contributed by atoms with Gasteiger partial charge in [0.15, 0.2) is 10.8 Å². The summed E-state index contributed by atoms with van der Waals surface area (Å²) in [5, 5.41) is 19.7. The van der Waals surface area contributed by atoms with E-state index < -0.39 is 5.25 Å². The number of thioether (sulfide) groups is 1. The van der Waals surface area contributed by atoms with Crippen LogP contribution in [0.2, 0.25) is 0 Å². The van der Waals surface area contributed by atoms with Gasteiger partial charge in [-0.15, -0.1) is 16.4 Å². The Bertz CT molecular complexity index is 1210. The molecule has 3 aromatic heterocycles.